The molecule has 2 aromatic rings. The lowest BCUT2D eigenvalue weighted by Crippen LogP contribution is -2.38. The van der Waals surface area contributed by atoms with Crippen molar-refractivity contribution in [3.63, 3.8) is 0 Å². The largest absolute Gasteiger partial charge is 0.384 e. The summed E-state index contributed by atoms with van der Waals surface area (Å²) in [5, 5.41) is 0. The van der Waals surface area contributed by atoms with E-state index in [0.717, 1.165) is 11.1 Å². The monoisotopic (exact) mass is 344 g/mol. The summed E-state index contributed by atoms with van der Waals surface area (Å²) in [5.41, 5.74) is 6.70. The van der Waals surface area contributed by atoms with Crippen LogP contribution in [0.15, 0.2) is 33.9 Å². The molecule has 0 atom stereocenters. The molecule has 0 spiro atoms. The highest BCUT2D eigenvalue weighted by molar-refractivity contribution is 6.01. The molecule has 0 aliphatic heterocycles. The van der Waals surface area contributed by atoms with Gasteiger partial charge < -0.3 is 5.73 Å². The zero-order chi connectivity index (χ0) is 18.6. The van der Waals surface area contributed by atoms with Gasteiger partial charge in [0.05, 0.1) is 6.54 Å². The SMILES string of the molecule is CCCn1c(N)c(C(=O)CN(C)Cc2ccccc2C)c(=O)[nH]c1=O. The van der Waals surface area contributed by atoms with E-state index in [-0.39, 0.29) is 17.9 Å². The van der Waals surface area contributed by atoms with E-state index in [4.69, 9.17) is 5.73 Å². The molecule has 0 radical (unpaired) electrons. The van der Waals surface area contributed by atoms with Crippen molar-refractivity contribution < 1.29 is 4.79 Å². The van der Waals surface area contributed by atoms with Gasteiger partial charge in [-0.3, -0.25) is 24.0 Å². The first-order chi connectivity index (χ1) is 11.8. The number of nitrogens with two attached hydrogens (primary N) is 1. The van der Waals surface area contributed by atoms with Crippen LogP contribution < -0.4 is 17.0 Å². The Balaban J connectivity index is 2.23. The van der Waals surface area contributed by atoms with Crippen LogP contribution in [-0.4, -0.2) is 33.8 Å². The van der Waals surface area contributed by atoms with E-state index < -0.39 is 17.0 Å². The zero-order valence-electron chi connectivity index (χ0n) is 14.8. The van der Waals surface area contributed by atoms with Crippen LogP contribution in [0.25, 0.3) is 0 Å². The van der Waals surface area contributed by atoms with Crippen LogP contribution in [0.1, 0.15) is 34.8 Å². The highest BCUT2D eigenvalue weighted by Crippen LogP contribution is 2.11. The van der Waals surface area contributed by atoms with E-state index in [9.17, 15) is 14.4 Å². The number of H-pyrrole nitrogens is 1. The molecule has 0 amide bonds. The molecule has 1 aromatic heterocycles. The molecule has 0 saturated carbocycles. The number of rotatable bonds is 7. The van der Waals surface area contributed by atoms with Crippen LogP contribution in [0.4, 0.5) is 5.82 Å². The van der Waals surface area contributed by atoms with Crippen molar-refractivity contribution >= 4 is 11.6 Å². The predicted molar refractivity (Wildman–Crippen MR) is 97.9 cm³/mol. The van der Waals surface area contributed by atoms with E-state index in [0.29, 0.717) is 19.5 Å². The van der Waals surface area contributed by atoms with Crippen LogP contribution in [0, 0.1) is 6.92 Å². The minimum absolute atomic E-state index is 0.0337. The molecule has 7 heteroatoms. The molecule has 0 saturated heterocycles. The number of ketones is 1. The van der Waals surface area contributed by atoms with Crippen molar-refractivity contribution in [2.75, 3.05) is 19.3 Å². The van der Waals surface area contributed by atoms with Gasteiger partial charge in [-0.25, -0.2) is 4.79 Å². The quantitative estimate of drug-likeness (QED) is 0.734. The lowest BCUT2D eigenvalue weighted by Gasteiger charge is -2.18. The Morgan fingerprint density at radius 2 is 1.96 bits per heavy atom. The smallest absolute Gasteiger partial charge is 0.329 e. The minimum Gasteiger partial charge on any atom is -0.384 e. The lowest BCUT2D eigenvalue weighted by molar-refractivity contribution is 0.0941. The Kier molecular flexibility index (Phi) is 5.93. The number of aryl methyl sites for hydroxylation is 1. The number of nitrogens with zero attached hydrogens (tertiary/aromatic N) is 2. The van der Waals surface area contributed by atoms with E-state index >= 15 is 0 Å². The fourth-order valence-corrected chi connectivity index (χ4v) is 2.76. The molecule has 0 aliphatic carbocycles. The molecular formula is C18H24N4O3. The molecule has 3 N–H and O–H groups in total. The second kappa shape index (κ2) is 7.94. The Hall–Kier alpha value is -2.67. The molecule has 0 bridgehead atoms. The Labute approximate surface area is 146 Å². The molecule has 7 nitrogen and oxygen atoms in total. The Morgan fingerprint density at radius 3 is 2.60 bits per heavy atom. The van der Waals surface area contributed by atoms with Crippen molar-refractivity contribution in [3.8, 4) is 0 Å². The van der Waals surface area contributed by atoms with Crippen molar-refractivity contribution in [1.82, 2.24) is 14.5 Å². The third-order valence-electron chi connectivity index (χ3n) is 4.08. The highest BCUT2D eigenvalue weighted by atomic mass is 16.2. The lowest BCUT2D eigenvalue weighted by atomic mass is 10.1. The van der Waals surface area contributed by atoms with Gasteiger partial charge in [-0.2, -0.15) is 0 Å². The second-order valence-corrected chi connectivity index (χ2v) is 6.19. The summed E-state index contributed by atoms with van der Waals surface area (Å²) in [7, 11) is 1.80. The first-order valence-electron chi connectivity index (χ1n) is 8.24. The average molecular weight is 344 g/mol. The van der Waals surface area contributed by atoms with Gasteiger partial charge in [0.1, 0.15) is 11.4 Å². The summed E-state index contributed by atoms with van der Waals surface area (Å²) < 4.78 is 1.23. The first kappa shape index (κ1) is 18.7. The van der Waals surface area contributed by atoms with Crippen molar-refractivity contribution in [2.45, 2.75) is 33.4 Å². The van der Waals surface area contributed by atoms with Crippen LogP contribution >= 0.6 is 0 Å². The Bertz CT molecular complexity index is 883. The van der Waals surface area contributed by atoms with Crippen LogP contribution in [0.3, 0.4) is 0 Å². The third kappa shape index (κ3) is 4.24. The van der Waals surface area contributed by atoms with Gasteiger partial charge in [-0.05, 0) is 31.5 Å². The van der Waals surface area contributed by atoms with Crippen LogP contribution in [0.2, 0.25) is 0 Å². The standard InChI is InChI=1S/C18H24N4O3/c1-4-9-22-16(19)15(17(24)20-18(22)25)14(23)11-21(3)10-13-8-6-5-7-12(13)2/h5-8H,4,9-11,19H2,1-3H3,(H,20,24,25). The summed E-state index contributed by atoms with van der Waals surface area (Å²) in [5.74, 6) is -0.468. The average Bonchev–Trinajstić information content (AvgIpc) is 2.53. The maximum Gasteiger partial charge on any atom is 0.329 e. The number of aromatic nitrogens is 2. The summed E-state index contributed by atoms with van der Waals surface area (Å²) >= 11 is 0. The molecular weight excluding hydrogens is 320 g/mol. The van der Waals surface area contributed by atoms with Crippen LogP contribution in [-0.2, 0) is 13.1 Å². The molecule has 25 heavy (non-hydrogen) atoms. The summed E-state index contributed by atoms with van der Waals surface area (Å²) in [6, 6.07) is 7.91. The van der Waals surface area contributed by atoms with Gasteiger partial charge in [0, 0.05) is 13.1 Å². The van der Waals surface area contributed by atoms with E-state index in [1.807, 2.05) is 43.0 Å². The first-order valence-corrected chi connectivity index (χ1v) is 8.24. The maximum absolute atomic E-state index is 12.6. The number of hydrogen-bond acceptors (Lipinski definition) is 5. The van der Waals surface area contributed by atoms with E-state index in [1.54, 1.807) is 7.05 Å². The minimum atomic E-state index is -0.732. The van der Waals surface area contributed by atoms with Gasteiger partial charge in [0.2, 0.25) is 0 Å². The summed E-state index contributed by atoms with van der Waals surface area (Å²) in [4.78, 5) is 40.5. The molecule has 2 rings (SSSR count). The fourth-order valence-electron chi connectivity index (χ4n) is 2.76. The van der Waals surface area contributed by atoms with Crippen molar-refractivity contribution in [2.24, 2.45) is 0 Å². The molecule has 1 heterocycles. The van der Waals surface area contributed by atoms with Crippen molar-refractivity contribution in [1.29, 1.82) is 0 Å². The number of benzene rings is 1. The van der Waals surface area contributed by atoms with Gasteiger partial charge in [0.15, 0.2) is 5.78 Å². The zero-order valence-corrected chi connectivity index (χ0v) is 14.8. The number of carbonyl (C=O) groups is 1. The number of Topliss-reactive ketones (excluding diaryl/α,β-unsaturated/α-hetero) is 1. The number of aromatic amines is 1. The molecule has 0 aliphatic rings. The third-order valence-corrected chi connectivity index (χ3v) is 4.08. The summed E-state index contributed by atoms with van der Waals surface area (Å²) in [6.45, 7) is 4.85. The topological polar surface area (TPSA) is 101 Å². The predicted octanol–water partition coefficient (Wildman–Crippen LogP) is 1.15. The number of likely N-dealkylation sites (N-methyl/N-ethyl adjacent to an activating group) is 1. The van der Waals surface area contributed by atoms with E-state index in [2.05, 4.69) is 4.98 Å². The number of carbonyl (C=O) groups excluding carboxylic acids is 1. The van der Waals surface area contributed by atoms with Crippen LogP contribution in [0.5, 0.6) is 0 Å². The molecule has 0 unspecified atom stereocenters. The Morgan fingerprint density at radius 1 is 1.28 bits per heavy atom. The molecule has 0 fully saturated rings. The summed E-state index contributed by atoms with van der Waals surface area (Å²) in [6.07, 6.45) is 0.664. The van der Waals surface area contributed by atoms with Gasteiger partial charge in [-0.1, -0.05) is 31.2 Å². The number of hydrogen-bond donors (Lipinski definition) is 2. The van der Waals surface area contributed by atoms with Gasteiger partial charge >= 0.3 is 5.69 Å². The molecule has 1 aromatic carbocycles. The van der Waals surface area contributed by atoms with Gasteiger partial charge in [-0.15, -0.1) is 0 Å². The van der Waals surface area contributed by atoms with Gasteiger partial charge in [0.25, 0.3) is 5.56 Å². The second-order valence-electron chi connectivity index (χ2n) is 6.19. The van der Waals surface area contributed by atoms with E-state index in [1.165, 1.54) is 4.57 Å². The highest BCUT2D eigenvalue weighted by Gasteiger charge is 2.20. The normalized spacial score (nSPS) is 11.0. The number of nitrogen functional groups attached to an aromatic ring is 1. The maximum atomic E-state index is 12.6. The van der Waals surface area contributed by atoms with Crippen molar-refractivity contribution in [3.05, 3.63) is 61.8 Å². The number of anilines is 1. The molecule has 134 valence electrons. The number of nitrogens with one attached hydrogen (secondary N) is 1. The fraction of sp³-hybridized carbons (Fsp3) is 0.389.